The van der Waals surface area contributed by atoms with E-state index in [9.17, 15) is 0 Å². The number of likely N-dealkylation sites (N-methyl/N-ethyl adjacent to an activating group) is 2. The van der Waals surface area contributed by atoms with E-state index in [1.165, 1.54) is 34.2 Å². The first-order valence-corrected chi connectivity index (χ1v) is 11.2. The Morgan fingerprint density at radius 2 is 1.62 bits per heavy atom. The highest BCUT2D eigenvalue weighted by molar-refractivity contribution is 5.63. The van der Waals surface area contributed by atoms with E-state index in [1.54, 1.807) is 11.1 Å². The standard InChI is InChI=1S/C25H34N4/c1-4-15-10-24(27)25(23-14-29(3)8-5-18(15)23)22-12-21(22)20-11-17(26)9-16-13-28(2)7-6-19(16)20/h9-11,21-22H,4-8,12-14,26-27H2,1-3H3. The molecule has 0 spiro atoms. The van der Waals surface area contributed by atoms with Crippen LogP contribution in [0, 0.1) is 0 Å². The largest absolute Gasteiger partial charge is 0.399 e. The van der Waals surface area contributed by atoms with Crippen LogP contribution in [0.3, 0.4) is 0 Å². The van der Waals surface area contributed by atoms with Gasteiger partial charge in [-0.3, -0.25) is 0 Å². The lowest BCUT2D eigenvalue weighted by Gasteiger charge is -2.30. The summed E-state index contributed by atoms with van der Waals surface area (Å²) in [4.78, 5) is 4.84. The molecule has 2 aromatic rings. The molecule has 4 N–H and O–H groups in total. The quantitative estimate of drug-likeness (QED) is 0.786. The molecular weight excluding hydrogens is 356 g/mol. The lowest BCUT2D eigenvalue weighted by molar-refractivity contribution is 0.310. The number of nitrogens with two attached hydrogens (primary N) is 2. The van der Waals surface area contributed by atoms with Gasteiger partial charge in [-0.1, -0.05) is 6.92 Å². The Morgan fingerprint density at radius 1 is 0.897 bits per heavy atom. The smallest absolute Gasteiger partial charge is 0.0355 e. The van der Waals surface area contributed by atoms with E-state index in [4.69, 9.17) is 11.5 Å². The average Bonchev–Trinajstić information content (AvgIpc) is 3.46. The van der Waals surface area contributed by atoms with Crippen LogP contribution in [0.2, 0.25) is 0 Å². The van der Waals surface area contributed by atoms with Crippen LogP contribution in [0.15, 0.2) is 18.2 Å². The molecule has 1 aliphatic carbocycles. The molecule has 29 heavy (non-hydrogen) atoms. The van der Waals surface area contributed by atoms with E-state index in [-0.39, 0.29) is 0 Å². The number of nitrogens with zero attached hydrogens (tertiary/aromatic N) is 2. The lowest BCUT2D eigenvalue weighted by atomic mass is 9.85. The lowest BCUT2D eigenvalue weighted by Crippen LogP contribution is -2.29. The molecule has 0 amide bonds. The second-order valence-corrected chi connectivity index (χ2v) is 9.52. The minimum Gasteiger partial charge on any atom is -0.399 e. The van der Waals surface area contributed by atoms with Crippen molar-refractivity contribution in [3.8, 4) is 0 Å². The van der Waals surface area contributed by atoms with E-state index in [0.29, 0.717) is 11.8 Å². The fourth-order valence-corrected chi connectivity index (χ4v) is 5.87. The van der Waals surface area contributed by atoms with E-state index in [1.807, 2.05) is 0 Å². The molecule has 0 saturated heterocycles. The van der Waals surface area contributed by atoms with Gasteiger partial charge in [-0.05, 0) is 109 Å². The van der Waals surface area contributed by atoms with Gasteiger partial charge in [0.25, 0.3) is 0 Å². The number of fused-ring (bicyclic) bond motifs is 2. The Kier molecular flexibility index (Phi) is 4.60. The van der Waals surface area contributed by atoms with Crippen molar-refractivity contribution in [3.63, 3.8) is 0 Å². The van der Waals surface area contributed by atoms with Gasteiger partial charge in [0, 0.05) is 37.6 Å². The molecule has 4 heteroatoms. The summed E-state index contributed by atoms with van der Waals surface area (Å²) in [6.45, 7) is 6.58. The molecule has 0 aromatic heterocycles. The minimum atomic E-state index is 0.548. The van der Waals surface area contributed by atoms with Gasteiger partial charge in [-0.2, -0.15) is 0 Å². The van der Waals surface area contributed by atoms with Gasteiger partial charge in [-0.15, -0.1) is 0 Å². The Bertz CT molecular complexity index is 964. The molecule has 1 saturated carbocycles. The van der Waals surface area contributed by atoms with Gasteiger partial charge < -0.3 is 21.3 Å². The van der Waals surface area contributed by atoms with Crippen LogP contribution in [0.1, 0.15) is 64.1 Å². The second kappa shape index (κ2) is 7.03. The topological polar surface area (TPSA) is 58.5 Å². The van der Waals surface area contributed by atoms with Crippen molar-refractivity contribution in [2.75, 3.05) is 38.7 Å². The minimum absolute atomic E-state index is 0.548. The maximum atomic E-state index is 6.68. The number of rotatable bonds is 3. The summed E-state index contributed by atoms with van der Waals surface area (Å²) < 4.78 is 0. The SMILES string of the molecule is CCc1cc(N)c(C2CC2c2cc(N)cc3c2CCN(C)C3)c2c1CCN(C)C2. The monoisotopic (exact) mass is 390 g/mol. The maximum absolute atomic E-state index is 6.68. The van der Waals surface area contributed by atoms with E-state index < -0.39 is 0 Å². The average molecular weight is 391 g/mol. The third-order valence-corrected chi connectivity index (χ3v) is 7.41. The van der Waals surface area contributed by atoms with Crippen molar-refractivity contribution in [1.82, 2.24) is 9.80 Å². The third kappa shape index (κ3) is 3.23. The zero-order chi connectivity index (χ0) is 20.3. The maximum Gasteiger partial charge on any atom is 0.0355 e. The summed E-state index contributed by atoms with van der Waals surface area (Å²) >= 11 is 0. The van der Waals surface area contributed by atoms with Gasteiger partial charge in [0.15, 0.2) is 0 Å². The third-order valence-electron chi connectivity index (χ3n) is 7.41. The van der Waals surface area contributed by atoms with Crippen molar-refractivity contribution in [2.45, 2.75) is 57.5 Å². The molecule has 5 rings (SSSR count). The van der Waals surface area contributed by atoms with Gasteiger partial charge in [0.05, 0.1) is 0 Å². The molecule has 1 fully saturated rings. The Morgan fingerprint density at radius 3 is 2.38 bits per heavy atom. The molecule has 2 heterocycles. The van der Waals surface area contributed by atoms with E-state index in [2.05, 4.69) is 49.0 Å². The summed E-state index contributed by atoms with van der Waals surface area (Å²) in [5, 5.41) is 0. The first-order chi connectivity index (χ1) is 14.0. The Balaban J connectivity index is 1.55. The van der Waals surface area contributed by atoms with Crippen molar-refractivity contribution >= 4 is 11.4 Å². The second-order valence-electron chi connectivity index (χ2n) is 9.52. The van der Waals surface area contributed by atoms with Gasteiger partial charge in [0.2, 0.25) is 0 Å². The van der Waals surface area contributed by atoms with Crippen molar-refractivity contribution in [3.05, 3.63) is 57.1 Å². The van der Waals surface area contributed by atoms with Crippen molar-refractivity contribution < 1.29 is 0 Å². The molecule has 0 bridgehead atoms. The zero-order valence-corrected chi connectivity index (χ0v) is 18.1. The molecule has 0 radical (unpaired) electrons. The number of aryl methyl sites for hydroxylation is 1. The highest BCUT2D eigenvalue weighted by Gasteiger charge is 2.44. The predicted molar refractivity (Wildman–Crippen MR) is 121 cm³/mol. The van der Waals surface area contributed by atoms with Crippen molar-refractivity contribution in [1.29, 1.82) is 0 Å². The molecule has 2 unspecified atom stereocenters. The van der Waals surface area contributed by atoms with Gasteiger partial charge in [-0.25, -0.2) is 0 Å². The van der Waals surface area contributed by atoms with E-state index in [0.717, 1.165) is 56.8 Å². The molecule has 2 atom stereocenters. The van der Waals surface area contributed by atoms with Crippen LogP contribution in [0.5, 0.6) is 0 Å². The number of anilines is 2. The Labute approximate surface area is 174 Å². The summed E-state index contributed by atoms with van der Waals surface area (Å²) in [7, 11) is 4.43. The first-order valence-electron chi connectivity index (χ1n) is 11.2. The first kappa shape index (κ1) is 19.0. The molecule has 4 nitrogen and oxygen atoms in total. The van der Waals surface area contributed by atoms with Crippen molar-refractivity contribution in [2.24, 2.45) is 0 Å². The molecule has 2 aliphatic heterocycles. The molecule has 154 valence electrons. The number of hydrogen-bond acceptors (Lipinski definition) is 4. The molecule has 2 aromatic carbocycles. The normalized spacial score (nSPS) is 24.2. The predicted octanol–water partition coefficient (Wildman–Crippen LogP) is 3.66. The summed E-state index contributed by atoms with van der Waals surface area (Å²) in [5.41, 5.74) is 25.4. The summed E-state index contributed by atoms with van der Waals surface area (Å²) in [6.07, 6.45) is 4.56. The molecule has 3 aliphatic rings. The fourth-order valence-electron chi connectivity index (χ4n) is 5.87. The fraction of sp³-hybridized carbons (Fsp3) is 0.520. The van der Waals surface area contributed by atoms with Crippen LogP contribution in [-0.4, -0.2) is 37.0 Å². The summed E-state index contributed by atoms with van der Waals surface area (Å²) in [5.74, 6) is 1.12. The number of nitrogen functional groups attached to an aromatic ring is 2. The van der Waals surface area contributed by atoms with Gasteiger partial charge >= 0.3 is 0 Å². The summed E-state index contributed by atoms with van der Waals surface area (Å²) in [6, 6.07) is 6.72. The zero-order valence-electron chi connectivity index (χ0n) is 18.1. The van der Waals surface area contributed by atoms with Crippen LogP contribution < -0.4 is 11.5 Å². The number of benzene rings is 2. The highest BCUT2D eigenvalue weighted by Crippen LogP contribution is 2.59. The highest BCUT2D eigenvalue weighted by atomic mass is 15.1. The van der Waals surface area contributed by atoms with Gasteiger partial charge in [0.1, 0.15) is 0 Å². The Hall–Kier alpha value is -2.04. The van der Waals surface area contributed by atoms with Crippen LogP contribution in [0.25, 0.3) is 0 Å². The molecular formula is C25H34N4. The number of hydrogen-bond donors (Lipinski definition) is 2. The van der Waals surface area contributed by atoms with Crippen LogP contribution in [-0.2, 0) is 32.4 Å². The van der Waals surface area contributed by atoms with E-state index >= 15 is 0 Å². The van der Waals surface area contributed by atoms with Crippen LogP contribution in [0.4, 0.5) is 11.4 Å². The van der Waals surface area contributed by atoms with Crippen LogP contribution >= 0.6 is 0 Å².